The van der Waals surface area contributed by atoms with Crippen LogP contribution in [0.25, 0.3) is 0 Å². The number of hydrogen-bond donors (Lipinski definition) is 1. The summed E-state index contributed by atoms with van der Waals surface area (Å²) in [6, 6.07) is 0.0785. The van der Waals surface area contributed by atoms with Crippen molar-refractivity contribution >= 4 is 6.09 Å². The number of ether oxygens (including phenoxy) is 1. The van der Waals surface area contributed by atoms with E-state index in [-0.39, 0.29) is 17.1 Å². The largest absolute Gasteiger partial charge is 0.465 e. The maximum atomic E-state index is 11.8. The van der Waals surface area contributed by atoms with Crippen LogP contribution < -0.4 is 0 Å². The Morgan fingerprint density at radius 3 is 2.17 bits per heavy atom. The van der Waals surface area contributed by atoms with Crippen molar-refractivity contribution in [3.8, 4) is 0 Å². The van der Waals surface area contributed by atoms with E-state index in [0.717, 1.165) is 45.7 Å². The molecule has 0 aliphatic carbocycles. The molecule has 0 aromatic carbocycles. The van der Waals surface area contributed by atoms with Gasteiger partial charge in [-0.05, 0) is 47.6 Å². The Hall–Kier alpha value is -0.850. The van der Waals surface area contributed by atoms with E-state index in [4.69, 9.17) is 4.74 Å². The van der Waals surface area contributed by atoms with Gasteiger partial charge < -0.3 is 14.7 Å². The van der Waals surface area contributed by atoms with Crippen molar-refractivity contribution in [2.24, 2.45) is 0 Å². The van der Waals surface area contributed by atoms with Gasteiger partial charge in [0.2, 0.25) is 0 Å². The number of carbonyl (C=O) groups is 1. The number of likely N-dealkylation sites (tertiary alicyclic amines) is 1. The molecule has 2 aliphatic heterocycles. The lowest BCUT2D eigenvalue weighted by Crippen LogP contribution is -2.63. The third kappa shape index (κ3) is 4.37. The van der Waals surface area contributed by atoms with Crippen molar-refractivity contribution in [2.45, 2.75) is 57.7 Å². The highest BCUT2D eigenvalue weighted by atomic mass is 16.5. The molecule has 0 atom stereocenters. The van der Waals surface area contributed by atoms with E-state index < -0.39 is 6.09 Å². The number of hydrogen-bond acceptors (Lipinski definition) is 4. The van der Waals surface area contributed by atoms with Gasteiger partial charge in [0, 0.05) is 43.3 Å². The van der Waals surface area contributed by atoms with E-state index in [0.29, 0.717) is 6.54 Å². The SMILES string of the molecule is CN1C(C)(C)CC(N(CCN2CCOCC2)C(=O)O)CC1(C)C. The average molecular weight is 327 g/mol. The first-order valence-electron chi connectivity index (χ1n) is 8.67. The van der Waals surface area contributed by atoms with Gasteiger partial charge in [0.05, 0.1) is 13.2 Å². The van der Waals surface area contributed by atoms with Crippen molar-refractivity contribution in [1.29, 1.82) is 0 Å². The zero-order valence-electron chi connectivity index (χ0n) is 15.3. The van der Waals surface area contributed by atoms with Crippen LogP contribution in [0.15, 0.2) is 0 Å². The summed E-state index contributed by atoms with van der Waals surface area (Å²) in [6.45, 7) is 13.5. The summed E-state index contributed by atoms with van der Waals surface area (Å²) in [7, 11) is 2.15. The lowest BCUT2D eigenvalue weighted by Gasteiger charge is -2.55. The molecule has 134 valence electrons. The fourth-order valence-electron chi connectivity index (χ4n) is 4.05. The lowest BCUT2D eigenvalue weighted by atomic mass is 9.77. The summed E-state index contributed by atoms with van der Waals surface area (Å²) in [5.74, 6) is 0. The van der Waals surface area contributed by atoms with Gasteiger partial charge in [0.1, 0.15) is 0 Å². The molecule has 1 N–H and O–H groups in total. The van der Waals surface area contributed by atoms with Crippen molar-refractivity contribution in [3.63, 3.8) is 0 Å². The highest BCUT2D eigenvalue weighted by Gasteiger charge is 2.45. The monoisotopic (exact) mass is 327 g/mol. The molecule has 0 bridgehead atoms. The maximum absolute atomic E-state index is 11.8. The first-order valence-corrected chi connectivity index (χ1v) is 8.67. The topological polar surface area (TPSA) is 56.2 Å². The summed E-state index contributed by atoms with van der Waals surface area (Å²) in [4.78, 5) is 18.2. The zero-order chi connectivity index (χ0) is 17.3. The Morgan fingerprint density at radius 1 is 1.17 bits per heavy atom. The first kappa shape index (κ1) is 18.5. The molecule has 0 radical (unpaired) electrons. The minimum Gasteiger partial charge on any atom is -0.465 e. The molecule has 1 amide bonds. The van der Waals surface area contributed by atoms with Crippen LogP contribution in [-0.4, -0.2) is 89.5 Å². The average Bonchev–Trinajstić information content (AvgIpc) is 2.45. The Kier molecular flexibility index (Phi) is 5.59. The summed E-state index contributed by atoms with van der Waals surface area (Å²) in [5.41, 5.74) is -0.00182. The molecule has 0 spiro atoms. The van der Waals surface area contributed by atoms with Gasteiger partial charge in [0.25, 0.3) is 0 Å². The molecule has 0 unspecified atom stereocenters. The van der Waals surface area contributed by atoms with E-state index >= 15 is 0 Å². The summed E-state index contributed by atoms with van der Waals surface area (Å²) in [5, 5.41) is 9.73. The number of morpholine rings is 1. The second-order valence-electron chi connectivity index (χ2n) is 8.18. The van der Waals surface area contributed by atoms with Crippen LogP contribution in [0, 0.1) is 0 Å². The Bertz CT molecular complexity index is 401. The standard InChI is InChI=1S/C17H33N3O3/c1-16(2)12-14(13-17(3,4)18(16)5)20(15(21)22)7-6-19-8-10-23-11-9-19/h14H,6-13H2,1-5H3,(H,21,22). The predicted molar refractivity (Wildman–Crippen MR) is 90.9 cm³/mol. The third-order valence-corrected chi connectivity index (χ3v) is 5.73. The van der Waals surface area contributed by atoms with Gasteiger partial charge in [-0.15, -0.1) is 0 Å². The third-order valence-electron chi connectivity index (χ3n) is 5.73. The highest BCUT2D eigenvalue weighted by Crippen LogP contribution is 2.38. The fourth-order valence-corrected chi connectivity index (χ4v) is 4.05. The van der Waals surface area contributed by atoms with Gasteiger partial charge in [-0.3, -0.25) is 9.80 Å². The molecule has 2 heterocycles. The Labute approximate surface area is 140 Å². The zero-order valence-corrected chi connectivity index (χ0v) is 15.3. The molecule has 2 rings (SSSR count). The molecule has 2 aliphatic rings. The molecule has 6 heteroatoms. The molecule has 6 nitrogen and oxygen atoms in total. The van der Waals surface area contributed by atoms with Crippen molar-refractivity contribution in [3.05, 3.63) is 0 Å². The summed E-state index contributed by atoms with van der Waals surface area (Å²) >= 11 is 0. The number of rotatable bonds is 4. The van der Waals surface area contributed by atoms with Gasteiger partial charge in [-0.1, -0.05) is 0 Å². The molecule has 23 heavy (non-hydrogen) atoms. The number of nitrogens with zero attached hydrogens (tertiary/aromatic N) is 3. The van der Waals surface area contributed by atoms with E-state index in [9.17, 15) is 9.90 Å². The minimum absolute atomic E-state index is 0.000912. The minimum atomic E-state index is -0.792. The molecule has 2 fully saturated rings. The van der Waals surface area contributed by atoms with Crippen LogP contribution in [0.2, 0.25) is 0 Å². The lowest BCUT2D eigenvalue weighted by molar-refractivity contribution is -0.0450. The molecule has 0 aromatic heterocycles. The highest BCUT2D eigenvalue weighted by molar-refractivity contribution is 5.65. The molecule has 2 saturated heterocycles. The predicted octanol–water partition coefficient (Wildman–Crippen LogP) is 1.95. The number of amides is 1. The smallest absolute Gasteiger partial charge is 0.407 e. The van der Waals surface area contributed by atoms with Crippen LogP contribution in [-0.2, 0) is 4.74 Å². The van der Waals surface area contributed by atoms with E-state index in [2.05, 4.69) is 44.5 Å². The van der Waals surface area contributed by atoms with Crippen LogP contribution in [0.4, 0.5) is 4.79 Å². The number of piperidine rings is 1. The quantitative estimate of drug-likeness (QED) is 0.855. The van der Waals surface area contributed by atoms with Crippen molar-refractivity contribution < 1.29 is 14.6 Å². The number of carboxylic acid groups (broad SMARTS) is 1. The van der Waals surface area contributed by atoms with Crippen LogP contribution >= 0.6 is 0 Å². The van der Waals surface area contributed by atoms with Crippen LogP contribution in [0.5, 0.6) is 0 Å². The Balaban J connectivity index is 2.03. The van der Waals surface area contributed by atoms with Gasteiger partial charge in [-0.2, -0.15) is 0 Å². The summed E-state index contributed by atoms with van der Waals surface area (Å²) in [6.07, 6.45) is 0.962. The van der Waals surface area contributed by atoms with Gasteiger partial charge in [-0.25, -0.2) is 4.79 Å². The van der Waals surface area contributed by atoms with Crippen LogP contribution in [0.3, 0.4) is 0 Å². The second kappa shape index (κ2) is 6.95. The van der Waals surface area contributed by atoms with Crippen LogP contribution in [0.1, 0.15) is 40.5 Å². The van der Waals surface area contributed by atoms with E-state index in [1.54, 1.807) is 4.90 Å². The maximum Gasteiger partial charge on any atom is 0.407 e. The first-order chi connectivity index (χ1) is 10.6. The van der Waals surface area contributed by atoms with Gasteiger partial charge in [0.15, 0.2) is 0 Å². The van der Waals surface area contributed by atoms with Crippen molar-refractivity contribution in [2.75, 3.05) is 46.4 Å². The molecule has 0 aromatic rings. The van der Waals surface area contributed by atoms with E-state index in [1.807, 2.05) is 0 Å². The summed E-state index contributed by atoms with van der Waals surface area (Å²) < 4.78 is 5.36. The molecule has 0 saturated carbocycles. The normalized spacial score (nSPS) is 26.1. The molecular weight excluding hydrogens is 294 g/mol. The van der Waals surface area contributed by atoms with Gasteiger partial charge >= 0.3 is 6.09 Å². The second-order valence-corrected chi connectivity index (χ2v) is 8.18. The molecular formula is C17H33N3O3. The van der Waals surface area contributed by atoms with E-state index in [1.165, 1.54) is 0 Å². The Morgan fingerprint density at radius 2 is 1.70 bits per heavy atom. The fraction of sp³-hybridized carbons (Fsp3) is 0.941. The van der Waals surface area contributed by atoms with Crippen molar-refractivity contribution in [1.82, 2.24) is 14.7 Å².